The molecule has 1 fully saturated rings. The van der Waals surface area contributed by atoms with E-state index >= 15 is 0 Å². The van der Waals surface area contributed by atoms with Crippen LogP contribution in [0.3, 0.4) is 0 Å². The molecule has 0 radical (unpaired) electrons. The Morgan fingerprint density at radius 1 is 1.32 bits per heavy atom. The van der Waals surface area contributed by atoms with Gasteiger partial charge in [-0.15, -0.1) is 0 Å². The third-order valence-electron chi connectivity index (χ3n) is 3.89. The number of thiocarbonyl (C=S) groups is 1. The molecule has 0 unspecified atom stereocenters. The number of aryl methyl sites for hydroxylation is 2. The van der Waals surface area contributed by atoms with Gasteiger partial charge in [0.25, 0.3) is 0 Å². The molecule has 0 bridgehead atoms. The minimum absolute atomic E-state index is 0.865. The van der Waals surface area contributed by atoms with Crippen LogP contribution < -0.4 is 10.2 Å². The average molecular weight is 278 g/mol. The van der Waals surface area contributed by atoms with Crippen LogP contribution >= 0.6 is 12.2 Å². The van der Waals surface area contributed by atoms with E-state index in [-0.39, 0.29) is 0 Å². The summed E-state index contributed by atoms with van der Waals surface area (Å²) in [4.78, 5) is 3.96. The van der Waals surface area contributed by atoms with Crippen molar-refractivity contribution in [3.05, 3.63) is 29.3 Å². The average Bonchev–Trinajstić information content (AvgIpc) is 2.43. The number of rotatable bonds is 2. The van der Waals surface area contributed by atoms with Gasteiger partial charge in [0.2, 0.25) is 0 Å². The molecular formula is C15H24N3S+. The molecule has 3 nitrogen and oxygen atoms in total. The van der Waals surface area contributed by atoms with Crippen LogP contribution in [-0.2, 0) is 0 Å². The summed E-state index contributed by atoms with van der Waals surface area (Å²) in [5, 5.41) is 4.27. The van der Waals surface area contributed by atoms with E-state index in [0.717, 1.165) is 23.9 Å². The Morgan fingerprint density at radius 3 is 2.63 bits per heavy atom. The van der Waals surface area contributed by atoms with Gasteiger partial charge in [0.1, 0.15) is 0 Å². The first kappa shape index (κ1) is 14.3. The smallest absolute Gasteiger partial charge is 0.173 e. The molecule has 104 valence electrons. The molecule has 1 saturated heterocycles. The van der Waals surface area contributed by atoms with E-state index in [9.17, 15) is 0 Å². The second kappa shape index (κ2) is 6.35. The molecule has 0 atom stereocenters. The molecule has 0 spiro atoms. The maximum atomic E-state index is 5.54. The fraction of sp³-hybridized carbons (Fsp3) is 0.533. The van der Waals surface area contributed by atoms with E-state index < -0.39 is 0 Å². The first-order chi connectivity index (χ1) is 9.10. The van der Waals surface area contributed by atoms with Crippen molar-refractivity contribution in [1.29, 1.82) is 0 Å². The van der Waals surface area contributed by atoms with E-state index in [2.05, 4.69) is 49.2 Å². The van der Waals surface area contributed by atoms with E-state index in [0.29, 0.717) is 0 Å². The van der Waals surface area contributed by atoms with Crippen LogP contribution in [0, 0.1) is 13.8 Å². The number of nitrogens with one attached hydrogen (secondary N) is 2. The summed E-state index contributed by atoms with van der Waals surface area (Å²) in [5.74, 6) is 0. The fourth-order valence-corrected chi connectivity index (χ4v) is 2.74. The summed E-state index contributed by atoms with van der Waals surface area (Å²) in [5.41, 5.74) is 3.64. The zero-order chi connectivity index (χ0) is 13.8. The highest BCUT2D eigenvalue weighted by molar-refractivity contribution is 7.80. The van der Waals surface area contributed by atoms with Crippen molar-refractivity contribution in [3.8, 4) is 0 Å². The summed E-state index contributed by atoms with van der Waals surface area (Å²) in [6.45, 7) is 12.2. The van der Waals surface area contributed by atoms with Gasteiger partial charge in [-0.2, -0.15) is 0 Å². The molecule has 4 heteroatoms. The third kappa shape index (κ3) is 3.67. The number of piperazine rings is 1. The van der Waals surface area contributed by atoms with Gasteiger partial charge < -0.3 is 15.1 Å². The second-order valence-corrected chi connectivity index (χ2v) is 5.73. The molecule has 0 saturated carbocycles. The highest BCUT2D eigenvalue weighted by Crippen LogP contribution is 2.17. The summed E-state index contributed by atoms with van der Waals surface area (Å²) in [7, 11) is 0. The Labute approximate surface area is 121 Å². The van der Waals surface area contributed by atoms with Gasteiger partial charge in [0.15, 0.2) is 5.11 Å². The predicted octanol–water partition coefficient (Wildman–Crippen LogP) is 1.22. The normalized spacial score (nSPS) is 16.5. The lowest BCUT2D eigenvalue weighted by Gasteiger charge is -2.33. The summed E-state index contributed by atoms with van der Waals surface area (Å²) in [6.07, 6.45) is 0. The molecule has 2 N–H and O–H groups in total. The van der Waals surface area contributed by atoms with Crippen molar-refractivity contribution >= 4 is 23.0 Å². The molecule has 0 aliphatic carbocycles. The van der Waals surface area contributed by atoms with E-state index in [1.807, 2.05) is 0 Å². The minimum atomic E-state index is 0.865. The zero-order valence-corrected chi connectivity index (χ0v) is 12.9. The number of hydrogen-bond donors (Lipinski definition) is 2. The van der Waals surface area contributed by atoms with Crippen LogP contribution in [0.1, 0.15) is 18.1 Å². The summed E-state index contributed by atoms with van der Waals surface area (Å²) >= 11 is 5.54. The second-order valence-electron chi connectivity index (χ2n) is 5.34. The summed E-state index contributed by atoms with van der Waals surface area (Å²) in [6, 6.07) is 6.43. The van der Waals surface area contributed by atoms with Gasteiger partial charge in [-0.1, -0.05) is 12.1 Å². The van der Waals surface area contributed by atoms with Gasteiger partial charge >= 0.3 is 0 Å². The maximum absolute atomic E-state index is 5.54. The van der Waals surface area contributed by atoms with E-state index in [1.54, 1.807) is 4.90 Å². The Morgan fingerprint density at radius 2 is 2.00 bits per heavy atom. The maximum Gasteiger partial charge on any atom is 0.173 e. The third-order valence-corrected chi connectivity index (χ3v) is 4.25. The van der Waals surface area contributed by atoms with Crippen molar-refractivity contribution in [2.75, 3.05) is 38.0 Å². The van der Waals surface area contributed by atoms with Gasteiger partial charge in [-0.05, 0) is 50.2 Å². The van der Waals surface area contributed by atoms with Crippen LogP contribution in [0.4, 0.5) is 5.69 Å². The Hall–Kier alpha value is -1.13. The molecule has 1 aliphatic rings. The standard InChI is InChI=1S/C15H23N3S/c1-4-17-7-9-18(10-8-17)15(19)16-14-11-12(2)5-6-13(14)3/h5-6,11H,4,7-10H2,1-3H3,(H,16,19)/p+1. The molecule has 1 heterocycles. The van der Waals surface area contributed by atoms with Gasteiger partial charge in [0, 0.05) is 5.69 Å². The van der Waals surface area contributed by atoms with Crippen LogP contribution in [0.5, 0.6) is 0 Å². The number of anilines is 1. The van der Waals surface area contributed by atoms with Crippen LogP contribution in [0.25, 0.3) is 0 Å². The zero-order valence-electron chi connectivity index (χ0n) is 12.1. The lowest BCUT2D eigenvalue weighted by Crippen LogP contribution is -3.14. The molecule has 2 rings (SSSR count). The van der Waals surface area contributed by atoms with Crippen molar-refractivity contribution in [1.82, 2.24) is 4.90 Å². The topological polar surface area (TPSA) is 19.7 Å². The number of likely N-dealkylation sites (N-methyl/N-ethyl adjacent to an activating group) is 1. The van der Waals surface area contributed by atoms with E-state index in [1.165, 1.54) is 30.8 Å². The Bertz CT molecular complexity index is 451. The van der Waals surface area contributed by atoms with Crippen LogP contribution in [0.2, 0.25) is 0 Å². The van der Waals surface area contributed by atoms with Crippen molar-refractivity contribution in [2.24, 2.45) is 0 Å². The molecule has 1 aromatic rings. The molecule has 1 aromatic carbocycles. The fourth-order valence-electron chi connectivity index (χ4n) is 2.44. The Balaban J connectivity index is 1.96. The SMILES string of the molecule is CC[NH+]1CCN(C(=S)Nc2cc(C)ccc2C)CC1. The quantitative estimate of drug-likeness (QED) is 0.794. The largest absolute Gasteiger partial charge is 0.338 e. The number of hydrogen-bond acceptors (Lipinski definition) is 1. The minimum Gasteiger partial charge on any atom is -0.338 e. The van der Waals surface area contributed by atoms with E-state index in [4.69, 9.17) is 12.2 Å². The highest BCUT2D eigenvalue weighted by atomic mass is 32.1. The van der Waals surface area contributed by atoms with Gasteiger partial charge in [0.05, 0.1) is 32.7 Å². The van der Waals surface area contributed by atoms with Gasteiger partial charge in [-0.3, -0.25) is 0 Å². The first-order valence-corrected chi connectivity index (χ1v) is 7.47. The predicted molar refractivity (Wildman–Crippen MR) is 84.9 cm³/mol. The molecule has 0 amide bonds. The number of quaternary nitrogens is 1. The van der Waals surface area contributed by atoms with Crippen molar-refractivity contribution < 1.29 is 4.90 Å². The first-order valence-electron chi connectivity index (χ1n) is 7.07. The highest BCUT2D eigenvalue weighted by Gasteiger charge is 2.20. The monoisotopic (exact) mass is 278 g/mol. The Kier molecular flexibility index (Phi) is 4.77. The lowest BCUT2D eigenvalue weighted by molar-refractivity contribution is -0.902. The van der Waals surface area contributed by atoms with Gasteiger partial charge in [-0.25, -0.2) is 0 Å². The molecule has 19 heavy (non-hydrogen) atoms. The molecule has 0 aromatic heterocycles. The molecule has 1 aliphatic heterocycles. The van der Waals surface area contributed by atoms with Crippen LogP contribution in [-0.4, -0.2) is 42.7 Å². The van der Waals surface area contributed by atoms with Crippen molar-refractivity contribution in [3.63, 3.8) is 0 Å². The van der Waals surface area contributed by atoms with Crippen LogP contribution in [0.15, 0.2) is 18.2 Å². The summed E-state index contributed by atoms with van der Waals surface area (Å²) < 4.78 is 0. The lowest BCUT2D eigenvalue weighted by atomic mass is 10.1. The number of benzene rings is 1. The molecular weight excluding hydrogens is 254 g/mol. The van der Waals surface area contributed by atoms with Crippen molar-refractivity contribution in [2.45, 2.75) is 20.8 Å². The number of nitrogens with zero attached hydrogens (tertiary/aromatic N) is 1.